The molecule has 0 unspecified atom stereocenters. The molecule has 0 aliphatic carbocycles. The molecule has 1 amide bonds. The Hall–Kier alpha value is -1.55. The largest absolute Gasteiger partial charge is 0.353 e. The maximum atomic E-state index is 12.2. The summed E-state index contributed by atoms with van der Waals surface area (Å²) in [5.41, 5.74) is 8.05. The van der Waals surface area contributed by atoms with Gasteiger partial charge >= 0.3 is 0 Å². The van der Waals surface area contributed by atoms with E-state index in [0.717, 1.165) is 16.9 Å². The minimum Gasteiger partial charge on any atom is -0.353 e. The van der Waals surface area contributed by atoms with Crippen molar-refractivity contribution in [1.82, 2.24) is 0 Å². The van der Waals surface area contributed by atoms with Gasteiger partial charge in [0.25, 0.3) is 0 Å². The Morgan fingerprint density at radius 2 is 2.06 bits per heavy atom. The summed E-state index contributed by atoms with van der Waals surface area (Å²) in [6.45, 7) is 8.57. The summed E-state index contributed by atoms with van der Waals surface area (Å²) in [5.74, 6) is 0.0258. The van der Waals surface area contributed by atoms with E-state index in [1.165, 1.54) is 0 Å². The number of nitrogens with two attached hydrogens (primary N) is 1. The van der Waals surface area contributed by atoms with Crippen molar-refractivity contribution in [3.05, 3.63) is 23.8 Å². The molecule has 3 N–H and O–H groups in total. The third-order valence-corrected chi connectivity index (χ3v) is 3.48. The highest BCUT2D eigenvalue weighted by atomic mass is 16.2. The zero-order chi connectivity index (χ0) is 13.5. The van der Waals surface area contributed by atoms with E-state index in [-0.39, 0.29) is 11.9 Å². The number of fused-ring (bicyclic) bond motifs is 1. The lowest BCUT2D eigenvalue weighted by atomic mass is 9.94. The fourth-order valence-electron chi connectivity index (χ4n) is 2.63. The van der Waals surface area contributed by atoms with E-state index in [1.54, 1.807) is 0 Å². The van der Waals surface area contributed by atoms with Crippen LogP contribution in [0.2, 0.25) is 0 Å². The molecule has 1 aliphatic heterocycles. The van der Waals surface area contributed by atoms with Gasteiger partial charge in [0.05, 0.1) is 11.4 Å². The van der Waals surface area contributed by atoms with Crippen LogP contribution < -0.4 is 16.0 Å². The molecule has 0 radical (unpaired) electrons. The molecular formula is C14H21N3O. The molecule has 0 atom stereocenters. The first-order chi connectivity index (χ1) is 8.37. The van der Waals surface area contributed by atoms with Crippen LogP contribution in [-0.2, 0) is 11.3 Å². The topological polar surface area (TPSA) is 58.4 Å². The lowest BCUT2D eigenvalue weighted by Gasteiger charge is -2.46. The monoisotopic (exact) mass is 247 g/mol. The van der Waals surface area contributed by atoms with Gasteiger partial charge in [0, 0.05) is 12.6 Å². The van der Waals surface area contributed by atoms with Crippen molar-refractivity contribution in [2.45, 2.75) is 45.8 Å². The van der Waals surface area contributed by atoms with Crippen LogP contribution >= 0.6 is 0 Å². The molecule has 2 rings (SSSR count). The molecule has 4 nitrogen and oxygen atoms in total. The first-order valence-corrected chi connectivity index (χ1v) is 6.31. The Labute approximate surface area is 108 Å². The smallest absolute Gasteiger partial charge is 0.249 e. The molecule has 0 bridgehead atoms. The van der Waals surface area contributed by atoms with Gasteiger partial charge in [-0.15, -0.1) is 0 Å². The zero-order valence-corrected chi connectivity index (χ0v) is 11.4. The zero-order valence-electron chi connectivity index (χ0n) is 11.4. The van der Waals surface area contributed by atoms with Gasteiger partial charge in [-0.05, 0) is 45.4 Å². The summed E-state index contributed by atoms with van der Waals surface area (Å²) >= 11 is 0. The molecule has 0 aromatic heterocycles. The van der Waals surface area contributed by atoms with E-state index in [4.69, 9.17) is 5.73 Å². The fourth-order valence-corrected chi connectivity index (χ4v) is 2.63. The summed E-state index contributed by atoms with van der Waals surface area (Å²) in [6, 6.07) is 6.27. The summed E-state index contributed by atoms with van der Waals surface area (Å²) in [4.78, 5) is 14.4. The van der Waals surface area contributed by atoms with E-state index in [1.807, 2.05) is 32.0 Å². The number of rotatable bonds is 2. The van der Waals surface area contributed by atoms with Gasteiger partial charge in [0.2, 0.25) is 5.91 Å². The van der Waals surface area contributed by atoms with Gasteiger partial charge in [-0.1, -0.05) is 6.07 Å². The van der Waals surface area contributed by atoms with Crippen LogP contribution in [0, 0.1) is 0 Å². The number of hydrogen-bond donors (Lipinski definition) is 2. The van der Waals surface area contributed by atoms with Gasteiger partial charge in [-0.25, -0.2) is 0 Å². The normalized spacial score (nSPS) is 17.7. The number of carbonyl (C=O) groups is 1. The van der Waals surface area contributed by atoms with Gasteiger partial charge in [0.1, 0.15) is 5.54 Å². The molecule has 1 aliphatic rings. The van der Waals surface area contributed by atoms with Crippen LogP contribution in [0.15, 0.2) is 18.2 Å². The van der Waals surface area contributed by atoms with E-state index in [2.05, 4.69) is 24.1 Å². The molecule has 98 valence electrons. The number of anilines is 2. The minimum atomic E-state index is -0.536. The Morgan fingerprint density at radius 3 is 2.61 bits per heavy atom. The molecule has 0 spiro atoms. The maximum absolute atomic E-state index is 12.2. The first kappa shape index (κ1) is 12.9. The number of carbonyl (C=O) groups excluding carboxylic acids is 1. The minimum absolute atomic E-state index is 0.0258. The van der Waals surface area contributed by atoms with Crippen molar-refractivity contribution in [1.29, 1.82) is 0 Å². The van der Waals surface area contributed by atoms with Crippen molar-refractivity contribution in [2.75, 3.05) is 10.2 Å². The van der Waals surface area contributed by atoms with Crippen LogP contribution in [-0.4, -0.2) is 17.5 Å². The van der Waals surface area contributed by atoms with Crippen LogP contribution in [0.4, 0.5) is 11.4 Å². The predicted octanol–water partition coefficient (Wildman–Crippen LogP) is 2.09. The van der Waals surface area contributed by atoms with Crippen molar-refractivity contribution in [3.8, 4) is 0 Å². The Balaban J connectivity index is 2.56. The average Bonchev–Trinajstić information content (AvgIpc) is 2.29. The van der Waals surface area contributed by atoms with Gasteiger partial charge in [-0.3, -0.25) is 4.79 Å². The highest BCUT2D eigenvalue weighted by Crippen LogP contribution is 2.38. The SMILES string of the molecule is CC(C)N1c2ccc(CN)cc2NC(=O)C1(C)C. The molecule has 1 heterocycles. The fraction of sp³-hybridized carbons (Fsp3) is 0.500. The molecule has 1 aromatic rings. The highest BCUT2D eigenvalue weighted by molar-refractivity contribution is 6.06. The second-order valence-corrected chi connectivity index (χ2v) is 5.53. The molecule has 0 saturated heterocycles. The quantitative estimate of drug-likeness (QED) is 0.841. The number of hydrogen-bond acceptors (Lipinski definition) is 3. The number of benzene rings is 1. The van der Waals surface area contributed by atoms with Gasteiger partial charge < -0.3 is 16.0 Å². The number of nitrogens with one attached hydrogen (secondary N) is 1. The van der Waals surface area contributed by atoms with Crippen molar-refractivity contribution in [3.63, 3.8) is 0 Å². The molecule has 4 heteroatoms. The van der Waals surface area contributed by atoms with E-state index >= 15 is 0 Å². The highest BCUT2D eigenvalue weighted by Gasteiger charge is 2.41. The van der Waals surface area contributed by atoms with Crippen molar-refractivity contribution >= 4 is 17.3 Å². The molecule has 0 saturated carbocycles. The van der Waals surface area contributed by atoms with E-state index < -0.39 is 5.54 Å². The van der Waals surface area contributed by atoms with E-state index in [9.17, 15) is 4.79 Å². The second-order valence-electron chi connectivity index (χ2n) is 5.53. The van der Waals surface area contributed by atoms with Gasteiger partial charge in [0.15, 0.2) is 0 Å². The van der Waals surface area contributed by atoms with Crippen molar-refractivity contribution < 1.29 is 4.79 Å². The van der Waals surface area contributed by atoms with Crippen LogP contribution in [0.3, 0.4) is 0 Å². The van der Waals surface area contributed by atoms with Gasteiger partial charge in [-0.2, -0.15) is 0 Å². The summed E-state index contributed by atoms with van der Waals surface area (Å²) < 4.78 is 0. The first-order valence-electron chi connectivity index (χ1n) is 6.31. The Morgan fingerprint density at radius 1 is 1.39 bits per heavy atom. The summed E-state index contributed by atoms with van der Waals surface area (Å²) in [6.07, 6.45) is 0. The number of nitrogens with zero attached hydrogens (tertiary/aromatic N) is 1. The maximum Gasteiger partial charge on any atom is 0.249 e. The third kappa shape index (κ3) is 1.86. The standard InChI is InChI=1S/C14H21N3O/c1-9(2)17-12-6-5-10(8-15)7-11(12)16-13(18)14(17,3)4/h5-7,9H,8,15H2,1-4H3,(H,16,18). The lowest BCUT2D eigenvalue weighted by Crippen LogP contribution is -2.58. The Bertz CT molecular complexity index is 480. The molecule has 18 heavy (non-hydrogen) atoms. The molecular weight excluding hydrogens is 226 g/mol. The molecule has 0 fully saturated rings. The Kier molecular flexibility index (Phi) is 3.07. The molecule has 1 aromatic carbocycles. The number of amides is 1. The lowest BCUT2D eigenvalue weighted by molar-refractivity contribution is -0.120. The van der Waals surface area contributed by atoms with Crippen molar-refractivity contribution in [2.24, 2.45) is 5.73 Å². The van der Waals surface area contributed by atoms with Crippen LogP contribution in [0.1, 0.15) is 33.3 Å². The van der Waals surface area contributed by atoms with Crippen LogP contribution in [0.25, 0.3) is 0 Å². The second kappa shape index (κ2) is 4.28. The summed E-state index contributed by atoms with van der Waals surface area (Å²) in [7, 11) is 0. The third-order valence-electron chi connectivity index (χ3n) is 3.48. The summed E-state index contributed by atoms with van der Waals surface area (Å²) in [5, 5.41) is 2.97. The van der Waals surface area contributed by atoms with Crippen LogP contribution in [0.5, 0.6) is 0 Å². The predicted molar refractivity (Wildman–Crippen MR) is 74.7 cm³/mol. The van der Waals surface area contributed by atoms with E-state index in [0.29, 0.717) is 6.54 Å². The average molecular weight is 247 g/mol.